The molecule has 2 amide bonds. The van der Waals surface area contributed by atoms with E-state index in [2.05, 4.69) is 5.32 Å². The Morgan fingerprint density at radius 3 is 2.13 bits per heavy atom. The summed E-state index contributed by atoms with van der Waals surface area (Å²) in [5.74, 6) is -0.290. The molecule has 4 aromatic carbocycles. The number of sulfonamides is 1. The van der Waals surface area contributed by atoms with Crippen LogP contribution in [0.4, 0.5) is 5.69 Å². The zero-order chi connectivity index (χ0) is 34.0. The number of carbonyl (C=O) groups is 2. The lowest BCUT2D eigenvalue weighted by Gasteiger charge is -2.34. The molecule has 0 bridgehead atoms. The number of ether oxygens (including phenoxy) is 1. The van der Waals surface area contributed by atoms with Gasteiger partial charge < -0.3 is 15.0 Å². The van der Waals surface area contributed by atoms with Crippen molar-refractivity contribution in [1.29, 1.82) is 0 Å². The molecular formula is C38H45N3O5S. The van der Waals surface area contributed by atoms with Crippen LogP contribution in [0, 0.1) is 19.8 Å². The van der Waals surface area contributed by atoms with Gasteiger partial charge in [-0.05, 0) is 62.1 Å². The van der Waals surface area contributed by atoms with Gasteiger partial charge in [0.2, 0.25) is 11.8 Å². The van der Waals surface area contributed by atoms with Crippen LogP contribution in [0.15, 0.2) is 108 Å². The third-order valence-electron chi connectivity index (χ3n) is 7.71. The van der Waals surface area contributed by atoms with Gasteiger partial charge in [-0.15, -0.1) is 0 Å². The second-order valence-electron chi connectivity index (χ2n) is 12.1. The van der Waals surface area contributed by atoms with Crippen LogP contribution in [0.1, 0.15) is 43.0 Å². The van der Waals surface area contributed by atoms with E-state index in [1.807, 2.05) is 89.2 Å². The smallest absolute Gasteiger partial charge is 0.264 e. The monoisotopic (exact) mass is 655 g/mol. The van der Waals surface area contributed by atoms with Crippen molar-refractivity contribution in [3.63, 3.8) is 0 Å². The van der Waals surface area contributed by atoms with Gasteiger partial charge in [-0.1, -0.05) is 104 Å². The van der Waals surface area contributed by atoms with E-state index in [1.54, 1.807) is 36.4 Å². The zero-order valence-corrected chi connectivity index (χ0v) is 28.7. The fourth-order valence-corrected chi connectivity index (χ4v) is 6.70. The molecule has 0 radical (unpaired) electrons. The van der Waals surface area contributed by atoms with Crippen LogP contribution in [-0.4, -0.2) is 50.9 Å². The number of nitrogens with one attached hydrogen (secondary N) is 1. The molecule has 248 valence electrons. The molecule has 47 heavy (non-hydrogen) atoms. The zero-order valence-electron chi connectivity index (χ0n) is 27.8. The van der Waals surface area contributed by atoms with Crippen LogP contribution in [0.3, 0.4) is 0 Å². The summed E-state index contributed by atoms with van der Waals surface area (Å²) in [6.45, 7) is 9.97. The highest BCUT2D eigenvalue weighted by Crippen LogP contribution is 2.33. The Bertz CT molecular complexity index is 1740. The molecule has 4 rings (SSSR count). The molecule has 0 fully saturated rings. The molecule has 8 nitrogen and oxygen atoms in total. The van der Waals surface area contributed by atoms with Crippen molar-refractivity contribution in [2.75, 3.05) is 24.0 Å². The van der Waals surface area contributed by atoms with Crippen molar-refractivity contribution in [3.05, 3.63) is 125 Å². The first-order valence-corrected chi connectivity index (χ1v) is 17.4. The van der Waals surface area contributed by atoms with E-state index in [9.17, 15) is 18.0 Å². The van der Waals surface area contributed by atoms with Gasteiger partial charge in [-0.2, -0.15) is 0 Å². The first-order chi connectivity index (χ1) is 22.5. The lowest BCUT2D eigenvalue weighted by atomic mass is 10.0. The molecule has 1 atom stereocenters. The molecule has 0 saturated carbocycles. The number of anilines is 1. The van der Waals surface area contributed by atoms with Crippen molar-refractivity contribution in [1.82, 2.24) is 10.2 Å². The van der Waals surface area contributed by atoms with Crippen molar-refractivity contribution in [2.24, 2.45) is 5.92 Å². The summed E-state index contributed by atoms with van der Waals surface area (Å²) in [7, 11) is -4.24. The average Bonchev–Trinajstić information content (AvgIpc) is 3.05. The highest BCUT2D eigenvalue weighted by atomic mass is 32.2. The van der Waals surface area contributed by atoms with Crippen LogP contribution in [0.25, 0.3) is 0 Å². The topological polar surface area (TPSA) is 96.0 Å². The van der Waals surface area contributed by atoms with E-state index < -0.39 is 28.5 Å². The SMILES string of the molecule is CCOc1ccccc1N(CC(=O)N(Cc1cccc(C)c1)[C@H](Cc1ccccc1)C(=O)NCC(C)C)S(=O)(=O)c1ccc(C)cc1. The third-order valence-corrected chi connectivity index (χ3v) is 9.49. The maximum absolute atomic E-state index is 14.7. The van der Waals surface area contributed by atoms with Gasteiger partial charge in [0, 0.05) is 19.5 Å². The van der Waals surface area contributed by atoms with Gasteiger partial charge >= 0.3 is 0 Å². The lowest BCUT2D eigenvalue weighted by molar-refractivity contribution is -0.140. The average molecular weight is 656 g/mol. The Balaban J connectivity index is 1.83. The Morgan fingerprint density at radius 2 is 1.47 bits per heavy atom. The van der Waals surface area contributed by atoms with E-state index in [-0.39, 0.29) is 35.4 Å². The predicted molar refractivity (Wildman–Crippen MR) is 187 cm³/mol. The van der Waals surface area contributed by atoms with Gasteiger partial charge in [-0.25, -0.2) is 8.42 Å². The Labute approximate surface area is 279 Å². The highest BCUT2D eigenvalue weighted by molar-refractivity contribution is 7.92. The maximum Gasteiger partial charge on any atom is 0.264 e. The summed E-state index contributed by atoms with van der Waals surface area (Å²) in [4.78, 5) is 30.2. The summed E-state index contributed by atoms with van der Waals surface area (Å²) in [6.07, 6.45) is 0.253. The van der Waals surface area contributed by atoms with Crippen molar-refractivity contribution >= 4 is 27.5 Å². The van der Waals surface area contributed by atoms with Crippen molar-refractivity contribution < 1.29 is 22.7 Å². The largest absolute Gasteiger partial charge is 0.492 e. The molecular weight excluding hydrogens is 611 g/mol. The number of hydrogen-bond donors (Lipinski definition) is 1. The molecule has 0 heterocycles. The summed E-state index contributed by atoms with van der Waals surface area (Å²) < 4.78 is 35.6. The van der Waals surface area contributed by atoms with Gasteiger partial charge in [0.25, 0.3) is 10.0 Å². The van der Waals surface area contributed by atoms with Gasteiger partial charge in [0.05, 0.1) is 17.2 Å². The Kier molecular flexibility index (Phi) is 12.2. The third kappa shape index (κ3) is 9.45. The Hall–Kier alpha value is -4.63. The van der Waals surface area contributed by atoms with E-state index in [1.165, 1.54) is 17.0 Å². The molecule has 0 saturated heterocycles. The van der Waals surface area contributed by atoms with Crippen molar-refractivity contribution in [2.45, 2.75) is 58.5 Å². The summed E-state index contributed by atoms with van der Waals surface area (Å²) in [5, 5.41) is 3.02. The fraction of sp³-hybridized carbons (Fsp3) is 0.316. The number of para-hydroxylation sites is 2. The minimum absolute atomic E-state index is 0.0444. The van der Waals surface area contributed by atoms with E-state index >= 15 is 0 Å². The standard InChI is InChI=1S/C38H45N3O5S/c1-6-46-36-18-11-10-17-34(36)41(47(44,45)33-21-19-29(4)20-22-33)27-37(42)40(26-32-16-12-13-30(5)23-32)35(38(43)39-25-28(2)3)24-31-14-8-7-9-15-31/h7-23,28,35H,6,24-27H2,1-5H3,(H,39,43)/t35-/m1/s1. The van der Waals surface area contributed by atoms with Crippen LogP contribution in [0.2, 0.25) is 0 Å². The first kappa shape index (κ1) is 35.2. The van der Waals surface area contributed by atoms with E-state index in [0.29, 0.717) is 18.9 Å². The molecule has 0 aliphatic heterocycles. The van der Waals surface area contributed by atoms with Crippen molar-refractivity contribution in [3.8, 4) is 5.75 Å². The number of benzene rings is 4. The predicted octanol–water partition coefficient (Wildman–Crippen LogP) is 6.31. The van der Waals surface area contributed by atoms with E-state index in [4.69, 9.17) is 4.74 Å². The summed E-state index contributed by atoms with van der Waals surface area (Å²) >= 11 is 0. The Morgan fingerprint density at radius 1 is 0.809 bits per heavy atom. The number of carbonyl (C=O) groups excluding carboxylic acids is 2. The second kappa shape index (κ2) is 16.3. The number of aryl methyl sites for hydroxylation is 2. The minimum atomic E-state index is -4.24. The second-order valence-corrected chi connectivity index (χ2v) is 13.9. The molecule has 0 aliphatic rings. The molecule has 0 spiro atoms. The normalized spacial score (nSPS) is 12.0. The van der Waals surface area contributed by atoms with Crippen LogP contribution < -0.4 is 14.4 Å². The number of nitrogens with zero attached hydrogens (tertiary/aromatic N) is 2. The quantitative estimate of drug-likeness (QED) is 0.162. The van der Waals surface area contributed by atoms with Crippen LogP contribution in [-0.2, 0) is 32.6 Å². The minimum Gasteiger partial charge on any atom is -0.492 e. The fourth-order valence-electron chi connectivity index (χ4n) is 5.28. The maximum atomic E-state index is 14.7. The number of rotatable bonds is 15. The molecule has 0 aromatic heterocycles. The van der Waals surface area contributed by atoms with Crippen LogP contribution >= 0.6 is 0 Å². The number of amides is 2. The summed E-state index contributed by atoms with van der Waals surface area (Å²) in [6, 6.07) is 29.7. The molecule has 0 unspecified atom stereocenters. The van der Waals surface area contributed by atoms with E-state index in [0.717, 1.165) is 26.6 Å². The highest BCUT2D eigenvalue weighted by Gasteiger charge is 2.35. The first-order valence-electron chi connectivity index (χ1n) is 16.0. The molecule has 0 aliphatic carbocycles. The van der Waals surface area contributed by atoms with Crippen LogP contribution in [0.5, 0.6) is 5.75 Å². The van der Waals surface area contributed by atoms with Gasteiger partial charge in [0.15, 0.2) is 0 Å². The summed E-state index contributed by atoms with van der Waals surface area (Å²) in [5.41, 5.74) is 3.86. The lowest BCUT2D eigenvalue weighted by Crippen LogP contribution is -2.53. The van der Waals surface area contributed by atoms with Gasteiger partial charge in [0.1, 0.15) is 18.3 Å². The number of hydrogen-bond acceptors (Lipinski definition) is 5. The molecule has 4 aromatic rings. The van der Waals surface area contributed by atoms with Gasteiger partial charge in [-0.3, -0.25) is 13.9 Å². The molecule has 1 N–H and O–H groups in total. The molecule has 9 heteroatoms.